The zero-order valence-electron chi connectivity index (χ0n) is 28.4. The predicted molar refractivity (Wildman–Crippen MR) is 191 cm³/mol. The number of likely N-dealkylation sites (tertiary alicyclic amines) is 1. The maximum absolute atomic E-state index is 13.8. The number of pyridine rings is 1. The zero-order chi connectivity index (χ0) is 34.6. The van der Waals surface area contributed by atoms with Gasteiger partial charge in [-0.3, -0.25) is 9.59 Å². The molecule has 264 valence electrons. The number of nitrogens with zero attached hydrogens (tertiary/aromatic N) is 2. The fraction of sp³-hybridized carbons (Fsp3) is 0.450. The van der Waals surface area contributed by atoms with Crippen molar-refractivity contribution in [2.45, 2.75) is 56.6 Å². The standard InChI is InChI=1S/C40H47FN4O5/c41-29-9-5-26(6-10-29)34-25-45(39(34)33-24-44-20-17-27(33)18-21-44)40(49)28-7-11-30(12-8-28)50-22-4-2-1-3-19-42-23-36(47)31-13-15-35(46)38-32(31)14-16-37(48)43-38/h5-16,27,33-34,36,39,42,46-47H,1-4,17-25H2,(H,43,48). The summed E-state index contributed by atoms with van der Waals surface area (Å²) in [4.78, 5) is 32.7. The van der Waals surface area contributed by atoms with E-state index in [0.717, 1.165) is 63.2 Å². The van der Waals surface area contributed by atoms with Crippen LogP contribution >= 0.6 is 0 Å². The molecule has 0 spiro atoms. The van der Waals surface area contributed by atoms with Gasteiger partial charge in [0.2, 0.25) is 5.56 Å². The molecule has 5 heterocycles. The number of H-pyrrole nitrogens is 1. The number of phenols is 1. The van der Waals surface area contributed by atoms with Crippen molar-refractivity contribution in [3.05, 3.63) is 106 Å². The molecule has 0 saturated carbocycles. The number of fused-ring (bicyclic) bond motifs is 4. The summed E-state index contributed by atoms with van der Waals surface area (Å²) >= 11 is 0. The third kappa shape index (κ3) is 7.43. The minimum absolute atomic E-state index is 0.0220. The third-order valence-corrected chi connectivity index (χ3v) is 11.1. The van der Waals surface area contributed by atoms with Crippen molar-refractivity contribution in [1.29, 1.82) is 0 Å². The maximum atomic E-state index is 13.8. The first kappa shape index (κ1) is 34.2. The Morgan fingerprint density at radius 2 is 1.70 bits per heavy atom. The second kappa shape index (κ2) is 15.3. The summed E-state index contributed by atoms with van der Waals surface area (Å²) < 4.78 is 19.7. The van der Waals surface area contributed by atoms with Crippen LogP contribution in [-0.2, 0) is 0 Å². The molecule has 4 N–H and O–H groups in total. The molecule has 8 rings (SSSR count). The molecule has 9 nitrogen and oxygen atoms in total. The first-order valence-electron chi connectivity index (χ1n) is 18.1. The summed E-state index contributed by atoms with van der Waals surface area (Å²) in [6.45, 7) is 5.73. The van der Waals surface area contributed by atoms with Gasteiger partial charge in [0.25, 0.3) is 5.91 Å². The Morgan fingerprint density at radius 1 is 0.940 bits per heavy atom. The van der Waals surface area contributed by atoms with E-state index < -0.39 is 6.10 Å². The number of aromatic hydroxyl groups is 1. The molecule has 4 aliphatic heterocycles. The highest BCUT2D eigenvalue weighted by molar-refractivity contribution is 5.95. The van der Waals surface area contributed by atoms with Crippen molar-refractivity contribution in [1.82, 2.24) is 20.1 Å². The summed E-state index contributed by atoms with van der Waals surface area (Å²) in [6, 6.07) is 20.7. The molecule has 1 aromatic heterocycles. The van der Waals surface area contributed by atoms with Crippen molar-refractivity contribution in [3.63, 3.8) is 0 Å². The Bertz CT molecular complexity index is 1820. The van der Waals surface area contributed by atoms with Crippen LogP contribution in [0.1, 0.15) is 72.0 Å². The molecule has 4 aromatic rings. The number of unbranched alkanes of at least 4 members (excludes halogenated alkanes) is 3. The number of aromatic amines is 1. The predicted octanol–water partition coefficient (Wildman–Crippen LogP) is 5.59. The lowest BCUT2D eigenvalue weighted by Gasteiger charge is -2.57. The molecule has 1 amide bonds. The van der Waals surface area contributed by atoms with Gasteiger partial charge in [-0.25, -0.2) is 4.39 Å². The number of hydrogen-bond acceptors (Lipinski definition) is 7. The lowest BCUT2D eigenvalue weighted by atomic mass is 9.66. The quantitative estimate of drug-likeness (QED) is 0.128. The van der Waals surface area contributed by atoms with Crippen LogP contribution in [0, 0.1) is 17.7 Å². The van der Waals surface area contributed by atoms with Gasteiger partial charge in [0.1, 0.15) is 17.3 Å². The first-order valence-corrected chi connectivity index (χ1v) is 18.1. The monoisotopic (exact) mass is 682 g/mol. The van der Waals surface area contributed by atoms with Gasteiger partial charge in [0.05, 0.1) is 18.2 Å². The van der Waals surface area contributed by atoms with E-state index in [1.165, 1.54) is 37.1 Å². The van der Waals surface area contributed by atoms with Crippen molar-refractivity contribution in [3.8, 4) is 11.5 Å². The minimum atomic E-state index is -0.769. The second-order valence-electron chi connectivity index (χ2n) is 14.2. The highest BCUT2D eigenvalue weighted by atomic mass is 19.1. The van der Waals surface area contributed by atoms with Gasteiger partial charge in [-0.1, -0.05) is 31.0 Å². The maximum Gasteiger partial charge on any atom is 0.254 e. The van der Waals surface area contributed by atoms with E-state index in [1.54, 1.807) is 12.1 Å². The molecule has 4 fully saturated rings. The number of aliphatic hydroxyl groups is 1. The Morgan fingerprint density at radius 3 is 2.44 bits per heavy atom. The Labute approximate surface area is 292 Å². The molecule has 2 bridgehead atoms. The molecule has 4 unspecified atom stereocenters. The Kier molecular flexibility index (Phi) is 10.5. The number of carbonyl (C=O) groups is 1. The highest BCUT2D eigenvalue weighted by Gasteiger charge is 2.51. The number of benzene rings is 3. The average molecular weight is 683 g/mol. The summed E-state index contributed by atoms with van der Waals surface area (Å²) in [5.74, 6) is 1.87. The van der Waals surface area contributed by atoms with E-state index in [2.05, 4.69) is 20.1 Å². The summed E-state index contributed by atoms with van der Waals surface area (Å²) in [6.07, 6.45) is 5.54. The smallest absolute Gasteiger partial charge is 0.254 e. The van der Waals surface area contributed by atoms with Crippen LogP contribution in [0.25, 0.3) is 10.9 Å². The van der Waals surface area contributed by atoms with Crippen LogP contribution in [0.15, 0.2) is 77.6 Å². The van der Waals surface area contributed by atoms with Gasteiger partial charge in [-0.05, 0) is 117 Å². The largest absolute Gasteiger partial charge is 0.506 e. The number of halogens is 1. The lowest BCUT2D eigenvalue weighted by molar-refractivity contribution is -0.0468. The summed E-state index contributed by atoms with van der Waals surface area (Å²) in [7, 11) is 0. The number of nitrogens with one attached hydrogen (secondary N) is 2. The number of aliphatic hydroxyl groups excluding tert-OH is 1. The highest BCUT2D eigenvalue weighted by Crippen LogP contribution is 2.46. The van der Waals surface area contributed by atoms with Crippen LogP contribution in [0.3, 0.4) is 0 Å². The summed E-state index contributed by atoms with van der Waals surface area (Å²) in [5, 5.41) is 24.7. The van der Waals surface area contributed by atoms with Gasteiger partial charge in [0, 0.05) is 48.6 Å². The SMILES string of the molecule is O=C(c1ccc(OCCCCCCNCC(O)c2ccc(O)c3[nH]c(=O)ccc23)cc1)N1CC(c2ccc(F)cc2)C1C1CN2CCC1CC2. The second-order valence-corrected chi connectivity index (χ2v) is 14.2. The number of piperidine rings is 3. The first-order chi connectivity index (χ1) is 24.4. The lowest BCUT2D eigenvalue weighted by Crippen LogP contribution is -2.65. The van der Waals surface area contributed by atoms with Crippen LogP contribution in [0.4, 0.5) is 4.39 Å². The minimum Gasteiger partial charge on any atom is -0.506 e. The van der Waals surface area contributed by atoms with E-state index in [-0.39, 0.29) is 35.0 Å². The van der Waals surface area contributed by atoms with Crippen LogP contribution < -0.4 is 15.6 Å². The molecular weight excluding hydrogens is 635 g/mol. The van der Waals surface area contributed by atoms with E-state index in [0.29, 0.717) is 53.6 Å². The number of rotatable bonds is 14. The van der Waals surface area contributed by atoms with Crippen molar-refractivity contribution >= 4 is 16.8 Å². The number of hydrogen-bond donors (Lipinski definition) is 4. The van der Waals surface area contributed by atoms with Crippen LogP contribution in [0.2, 0.25) is 0 Å². The van der Waals surface area contributed by atoms with Crippen molar-refractivity contribution in [2.24, 2.45) is 11.8 Å². The molecule has 3 aromatic carbocycles. The van der Waals surface area contributed by atoms with E-state index in [4.69, 9.17) is 4.74 Å². The molecule has 4 atom stereocenters. The zero-order valence-corrected chi connectivity index (χ0v) is 28.4. The molecule has 0 radical (unpaired) electrons. The fourth-order valence-corrected chi connectivity index (χ4v) is 8.33. The number of aromatic nitrogens is 1. The van der Waals surface area contributed by atoms with E-state index >= 15 is 0 Å². The number of phenolic OH excluding ortho intramolecular Hbond substituents is 1. The Hall–Kier alpha value is -4.25. The number of ether oxygens (including phenoxy) is 1. The molecule has 10 heteroatoms. The molecule has 4 aliphatic rings. The molecular formula is C40H47FN4O5. The van der Waals surface area contributed by atoms with Crippen molar-refractivity contribution < 1.29 is 24.1 Å². The van der Waals surface area contributed by atoms with Gasteiger partial charge < -0.3 is 35.1 Å². The van der Waals surface area contributed by atoms with E-state index in [9.17, 15) is 24.2 Å². The van der Waals surface area contributed by atoms with Gasteiger partial charge in [0.15, 0.2) is 0 Å². The van der Waals surface area contributed by atoms with Gasteiger partial charge in [-0.2, -0.15) is 0 Å². The molecule has 4 saturated heterocycles. The number of carbonyl (C=O) groups excluding carboxylic acids is 1. The van der Waals surface area contributed by atoms with Crippen LogP contribution in [0.5, 0.6) is 11.5 Å². The average Bonchev–Trinajstić information content (AvgIpc) is 3.12. The Balaban J connectivity index is 0.832. The van der Waals surface area contributed by atoms with Crippen LogP contribution in [-0.4, -0.2) is 82.8 Å². The molecule has 50 heavy (non-hydrogen) atoms. The number of amides is 1. The third-order valence-electron chi connectivity index (χ3n) is 11.1. The normalized spacial score (nSPS) is 23.5. The summed E-state index contributed by atoms with van der Waals surface area (Å²) in [5.41, 5.74) is 2.48. The molecule has 0 aliphatic carbocycles. The van der Waals surface area contributed by atoms with Crippen molar-refractivity contribution in [2.75, 3.05) is 45.9 Å². The van der Waals surface area contributed by atoms with E-state index in [1.807, 2.05) is 36.4 Å². The van der Waals surface area contributed by atoms with Gasteiger partial charge in [-0.15, -0.1) is 0 Å². The van der Waals surface area contributed by atoms with Gasteiger partial charge >= 0.3 is 0 Å². The topological polar surface area (TPSA) is 118 Å². The fourth-order valence-electron chi connectivity index (χ4n) is 8.33.